The molecule has 1 aromatic rings. The van der Waals surface area contributed by atoms with E-state index in [0.29, 0.717) is 24.4 Å². The van der Waals surface area contributed by atoms with Gasteiger partial charge in [-0.2, -0.15) is 0 Å². The molecule has 0 spiro atoms. The van der Waals surface area contributed by atoms with Crippen LogP contribution in [0.1, 0.15) is 104 Å². The number of unbranched alkanes of at least 4 members (excludes halogenated alkanes) is 7. The monoisotopic (exact) mass is 610 g/mol. The number of aromatic nitrogens is 2. The van der Waals surface area contributed by atoms with Gasteiger partial charge in [0, 0.05) is 25.4 Å². The third-order valence-electron chi connectivity index (χ3n) is 8.18. The summed E-state index contributed by atoms with van der Waals surface area (Å²) in [6, 6.07) is 1.41. The number of likely N-dealkylation sites (tertiary alicyclic amines) is 1. The Kier molecular flexibility index (Phi) is 14.2. The normalized spacial score (nSPS) is 23.3. The molecule has 11 nitrogen and oxygen atoms in total. The molecule has 1 unspecified atom stereocenters. The molecule has 0 aromatic carbocycles. The minimum Gasteiger partial charge on any atom is -0.468 e. The number of ether oxygens (including phenoxy) is 2. The van der Waals surface area contributed by atoms with Crippen molar-refractivity contribution in [3.05, 3.63) is 44.6 Å². The lowest BCUT2D eigenvalue weighted by Crippen LogP contribution is -2.48. The number of nitrogens with one attached hydrogen (secondary N) is 1. The highest BCUT2D eigenvalue weighted by molar-refractivity contribution is 7.54. The summed E-state index contributed by atoms with van der Waals surface area (Å²) in [6.45, 7) is 10.5. The lowest BCUT2D eigenvalue weighted by molar-refractivity contribution is -0.0328. The average Bonchev–Trinajstić information content (AvgIpc) is 3.32. The third-order valence-corrected chi connectivity index (χ3v) is 10.7. The lowest BCUT2D eigenvalue weighted by Gasteiger charge is -2.44. The predicted molar refractivity (Wildman–Crippen MR) is 165 cm³/mol. The second-order valence-electron chi connectivity index (χ2n) is 11.0. The molecule has 1 aromatic heterocycles. The van der Waals surface area contributed by atoms with Gasteiger partial charge in [0.05, 0.1) is 19.8 Å². The smallest absolute Gasteiger partial charge is 0.347 e. The largest absolute Gasteiger partial charge is 0.468 e. The zero-order valence-corrected chi connectivity index (χ0v) is 26.8. The number of hydrogen-bond acceptors (Lipinski definition) is 9. The van der Waals surface area contributed by atoms with Gasteiger partial charge in [0.25, 0.3) is 5.56 Å². The lowest BCUT2D eigenvalue weighted by atomic mass is 9.95. The van der Waals surface area contributed by atoms with Crippen molar-refractivity contribution in [1.29, 1.82) is 0 Å². The molecule has 1 N–H and O–H groups in total. The average molecular weight is 611 g/mol. The fraction of sp³-hybridized carbons (Fsp3) is 0.767. The second-order valence-corrected chi connectivity index (χ2v) is 13.2. The van der Waals surface area contributed by atoms with Crippen LogP contribution in [0.15, 0.2) is 38.3 Å². The minimum atomic E-state index is -3.47. The van der Waals surface area contributed by atoms with Crippen LogP contribution in [0.2, 0.25) is 0 Å². The number of methoxy groups -OCH3 is 1. The van der Waals surface area contributed by atoms with Crippen LogP contribution in [0.25, 0.3) is 0 Å². The maximum absolute atomic E-state index is 14.2. The number of aromatic amines is 1. The Morgan fingerprint density at radius 2 is 1.71 bits per heavy atom. The first kappa shape index (κ1) is 34.5. The Bertz CT molecular complexity index is 1170. The number of aliphatic imine (C=N–C) groups is 1. The van der Waals surface area contributed by atoms with Crippen LogP contribution in [-0.4, -0.2) is 66.0 Å². The van der Waals surface area contributed by atoms with E-state index in [1.165, 1.54) is 62.5 Å². The topological polar surface area (TPSA) is 124 Å². The Labute approximate surface area is 250 Å². The number of piperidine rings is 1. The predicted octanol–water partition coefficient (Wildman–Crippen LogP) is 5.97. The van der Waals surface area contributed by atoms with Crippen molar-refractivity contribution in [2.24, 2.45) is 4.99 Å². The van der Waals surface area contributed by atoms with E-state index >= 15 is 0 Å². The number of hydrogen-bond donors (Lipinski definition) is 1. The molecular formula is C30H51N4O7P. The van der Waals surface area contributed by atoms with Crippen molar-refractivity contribution >= 4 is 14.3 Å². The van der Waals surface area contributed by atoms with Gasteiger partial charge in [-0.25, -0.2) is 4.79 Å². The van der Waals surface area contributed by atoms with Crippen LogP contribution in [0.5, 0.6) is 0 Å². The van der Waals surface area contributed by atoms with Crippen molar-refractivity contribution in [1.82, 2.24) is 14.5 Å². The van der Waals surface area contributed by atoms with E-state index in [0.717, 1.165) is 32.1 Å². The Morgan fingerprint density at radius 3 is 2.31 bits per heavy atom. The summed E-state index contributed by atoms with van der Waals surface area (Å²) in [5, 5.41) is 0. The maximum Gasteiger partial charge on any atom is 0.347 e. The molecule has 0 bridgehead atoms. The molecule has 42 heavy (non-hydrogen) atoms. The van der Waals surface area contributed by atoms with E-state index in [1.54, 1.807) is 0 Å². The van der Waals surface area contributed by atoms with Gasteiger partial charge >= 0.3 is 13.3 Å². The molecule has 4 atom stereocenters. The molecule has 2 aliphatic heterocycles. The fourth-order valence-corrected chi connectivity index (χ4v) is 8.43. The zero-order chi connectivity index (χ0) is 30.5. The summed E-state index contributed by atoms with van der Waals surface area (Å²) in [5.74, 6) is 0.0514. The molecular weight excluding hydrogens is 559 g/mol. The van der Waals surface area contributed by atoms with Crippen molar-refractivity contribution in [2.45, 2.75) is 122 Å². The highest BCUT2D eigenvalue weighted by Crippen LogP contribution is 2.58. The summed E-state index contributed by atoms with van der Waals surface area (Å²) in [6.07, 6.45) is 13.2. The molecule has 1 saturated heterocycles. The molecule has 1 fully saturated rings. The van der Waals surface area contributed by atoms with Gasteiger partial charge in [-0.05, 0) is 46.2 Å². The van der Waals surface area contributed by atoms with E-state index in [1.807, 2.05) is 13.8 Å². The summed E-state index contributed by atoms with van der Waals surface area (Å²) >= 11 is 0. The van der Waals surface area contributed by atoms with E-state index in [2.05, 4.69) is 28.5 Å². The number of nitrogens with zero attached hydrogens (tertiary/aromatic N) is 3. The molecule has 3 rings (SSSR count). The fourth-order valence-electron chi connectivity index (χ4n) is 6.16. The van der Waals surface area contributed by atoms with Gasteiger partial charge in [-0.3, -0.25) is 28.8 Å². The third kappa shape index (κ3) is 8.76. The first-order valence-corrected chi connectivity index (χ1v) is 17.3. The molecule has 3 heterocycles. The minimum absolute atomic E-state index is 0.149. The van der Waals surface area contributed by atoms with E-state index in [4.69, 9.17) is 18.5 Å². The van der Waals surface area contributed by atoms with Gasteiger partial charge in [0.2, 0.25) is 6.23 Å². The molecule has 0 amide bonds. The van der Waals surface area contributed by atoms with Crippen molar-refractivity contribution < 1.29 is 23.1 Å². The van der Waals surface area contributed by atoms with Gasteiger partial charge in [-0.15, -0.1) is 0 Å². The number of rotatable bonds is 19. The second kappa shape index (κ2) is 17.3. The van der Waals surface area contributed by atoms with Crippen molar-refractivity contribution in [3.8, 4) is 0 Å². The molecule has 0 aliphatic carbocycles. The van der Waals surface area contributed by atoms with Crippen LogP contribution < -0.4 is 11.2 Å². The van der Waals surface area contributed by atoms with Gasteiger partial charge in [-0.1, -0.05) is 58.3 Å². The van der Waals surface area contributed by atoms with Crippen LogP contribution >= 0.6 is 7.60 Å². The standard InChI is InChI=1S/C30H51N4O7P/c1-6-9-10-11-12-13-14-15-17-23-18-16-19-26(42(37,39-7-2)40-8-3)34(23)22-24-27(31-4)28(38-5)29(41-24)33-21-20-25(35)32-30(33)36/h20-21,23,26,28-29H,4,6-19,22H2,1-3,5H3,(H,32,35,36)/t23-,26-,28?,29+/m0/s1. The zero-order valence-electron chi connectivity index (χ0n) is 25.9. The molecule has 0 radical (unpaired) electrons. The highest BCUT2D eigenvalue weighted by Gasteiger charge is 2.47. The highest BCUT2D eigenvalue weighted by atomic mass is 31.2. The molecule has 2 aliphatic rings. The van der Waals surface area contributed by atoms with Crippen LogP contribution in [0.4, 0.5) is 0 Å². The van der Waals surface area contributed by atoms with Gasteiger partial charge < -0.3 is 18.5 Å². The van der Waals surface area contributed by atoms with Gasteiger partial charge in [0.15, 0.2) is 6.10 Å². The quantitative estimate of drug-likeness (QED) is 0.115. The van der Waals surface area contributed by atoms with Gasteiger partial charge in [0.1, 0.15) is 17.2 Å². The SMILES string of the molecule is C=NC1=C(CN2[C@@H](CCCCCCCCCC)CCC[C@@H]2P(=O)(OCC)OCC)O[C@@H](n2ccc(=O)[nH]c2=O)C1OC. The van der Waals surface area contributed by atoms with E-state index in [-0.39, 0.29) is 19.3 Å². The molecule has 12 heteroatoms. The number of H-pyrrole nitrogens is 1. The molecule has 0 saturated carbocycles. The summed E-state index contributed by atoms with van der Waals surface area (Å²) in [7, 11) is -1.95. The molecule has 238 valence electrons. The van der Waals surface area contributed by atoms with Crippen molar-refractivity contribution in [3.63, 3.8) is 0 Å². The Hall–Kier alpha value is -2.04. The van der Waals surface area contributed by atoms with E-state index in [9.17, 15) is 14.2 Å². The first-order valence-electron chi connectivity index (χ1n) is 15.7. The summed E-state index contributed by atoms with van der Waals surface area (Å²) in [5.41, 5.74) is -0.640. The Morgan fingerprint density at radius 1 is 1.05 bits per heavy atom. The van der Waals surface area contributed by atoms with Crippen LogP contribution in [0.3, 0.4) is 0 Å². The first-order chi connectivity index (χ1) is 20.3. The van der Waals surface area contributed by atoms with Crippen LogP contribution in [0, 0.1) is 0 Å². The van der Waals surface area contributed by atoms with Crippen LogP contribution in [-0.2, 0) is 23.1 Å². The Balaban J connectivity index is 1.86. The summed E-state index contributed by atoms with van der Waals surface area (Å²) < 4.78 is 39.2. The van der Waals surface area contributed by atoms with Crippen molar-refractivity contribution in [2.75, 3.05) is 26.9 Å². The van der Waals surface area contributed by atoms with E-state index < -0.39 is 37.0 Å². The summed E-state index contributed by atoms with van der Waals surface area (Å²) in [4.78, 5) is 33.0. The maximum atomic E-state index is 14.2.